The number of carbonyl (C=O) groups is 1. The van der Waals surface area contributed by atoms with E-state index < -0.39 is 12.0 Å². The van der Waals surface area contributed by atoms with E-state index in [9.17, 15) is 9.90 Å². The molecule has 0 aliphatic carbocycles. The summed E-state index contributed by atoms with van der Waals surface area (Å²) in [5, 5.41) is 10.3. The average molecular weight is 420 g/mol. The topological polar surface area (TPSA) is 116 Å². The van der Waals surface area contributed by atoms with E-state index in [0.717, 1.165) is 22.4 Å². The van der Waals surface area contributed by atoms with Crippen molar-refractivity contribution in [2.45, 2.75) is 31.9 Å². The van der Waals surface area contributed by atoms with Crippen molar-refractivity contribution >= 4 is 17.0 Å². The molecule has 2 aromatic carbocycles. The normalized spacial score (nSPS) is 13.3. The molecule has 0 spiro atoms. The van der Waals surface area contributed by atoms with Gasteiger partial charge in [-0.3, -0.25) is 4.79 Å². The molecule has 0 radical (unpaired) electrons. The van der Waals surface area contributed by atoms with Crippen LogP contribution >= 0.6 is 0 Å². The van der Waals surface area contributed by atoms with Gasteiger partial charge in [-0.25, -0.2) is 9.97 Å². The third-order valence-corrected chi connectivity index (χ3v) is 5.34. The summed E-state index contributed by atoms with van der Waals surface area (Å²) in [6, 6.07) is 13.1. The highest BCUT2D eigenvalue weighted by Gasteiger charge is 2.20. The van der Waals surface area contributed by atoms with Gasteiger partial charge in [0.2, 0.25) is 5.89 Å². The second-order valence-electron chi connectivity index (χ2n) is 7.43. The zero-order valence-electron chi connectivity index (χ0n) is 17.4. The Labute approximate surface area is 179 Å². The number of primary amides is 1. The zero-order valence-corrected chi connectivity index (χ0v) is 17.4. The summed E-state index contributed by atoms with van der Waals surface area (Å²) in [5.74, 6) is 0.711. The van der Waals surface area contributed by atoms with Crippen molar-refractivity contribution in [1.29, 1.82) is 0 Å². The lowest BCUT2D eigenvalue weighted by molar-refractivity contribution is 0.0994. The minimum atomic E-state index is -0.638. The SMILES string of the molecule is COc1ccc(-c2nc3c(CCC(C(C)O)n4cnc(C(N)=O)c4)cccc3o2)cc1. The molecular formula is C23H24N4O4. The first kappa shape index (κ1) is 20.6. The number of fused-ring (bicyclic) bond motifs is 1. The number of methoxy groups -OCH3 is 1. The van der Waals surface area contributed by atoms with Crippen molar-refractivity contribution < 1.29 is 19.1 Å². The second-order valence-corrected chi connectivity index (χ2v) is 7.43. The number of aryl methyl sites for hydroxylation is 1. The van der Waals surface area contributed by atoms with E-state index in [0.29, 0.717) is 24.3 Å². The van der Waals surface area contributed by atoms with Gasteiger partial charge in [-0.1, -0.05) is 12.1 Å². The van der Waals surface area contributed by atoms with Crippen molar-refractivity contribution in [2.75, 3.05) is 7.11 Å². The van der Waals surface area contributed by atoms with E-state index in [1.54, 1.807) is 24.8 Å². The molecule has 8 heteroatoms. The molecule has 1 amide bonds. The Bertz CT molecular complexity index is 1190. The maximum atomic E-state index is 11.3. The number of aromatic nitrogens is 3. The highest BCUT2D eigenvalue weighted by molar-refractivity contribution is 5.90. The number of benzene rings is 2. The van der Waals surface area contributed by atoms with E-state index in [2.05, 4.69) is 4.98 Å². The Morgan fingerprint density at radius 2 is 2.03 bits per heavy atom. The number of aliphatic hydroxyl groups is 1. The first-order valence-electron chi connectivity index (χ1n) is 10.0. The Morgan fingerprint density at radius 3 is 2.68 bits per heavy atom. The van der Waals surface area contributed by atoms with Crippen LogP contribution in [-0.4, -0.2) is 38.8 Å². The van der Waals surface area contributed by atoms with Gasteiger partial charge in [0.05, 0.1) is 25.6 Å². The van der Waals surface area contributed by atoms with Crippen LogP contribution in [0.4, 0.5) is 0 Å². The number of para-hydroxylation sites is 1. The van der Waals surface area contributed by atoms with Crippen LogP contribution in [0.3, 0.4) is 0 Å². The fourth-order valence-electron chi connectivity index (χ4n) is 3.65. The molecule has 0 bridgehead atoms. The van der Waals surface area contributed by atoms with Crippen molar-refractivity contribution in [1.82, 2.24) is 14.5 Å². The third kappa shape index (κ3) is 4.29. The Kier molecular flexibility index (Phi) is 5.73. The van der Waals surface area contributed by atoms with Crippen LogP contribution in [0.1, 0.15) is 35.4 Å². The predicted molar refractivity (Wildman–Crippen MR) is 116 cm³/mol. The van der Waals surface area contributed by atoms with Crippen molar-refractivity contribution in [3.8, 4) is 17.2 Å². The summed E-state index contributed by atoms with van der Waals surface area (Å²) in [4.78, 5) is 20.1. The molecule has 2 heterocycles. The van der Waals surface area contributed by atoms with Gasteiger partial charge in [0, 0.05) is 11.8 Å². The number of nitrogens with zero attached hydrogens (tertiary/aromatic N) is 3. The molecular weight excluding hydrogens is 396 g/mol. The molecule has 8 nitrogen and oxygen atoms in total. The largest absolute Gasteiger partial charge is 0.497 e. The van der Waals surface area contributed by atoms with Crippen molar-refractivity contribution in [2.24, 2.45) is 5.73 Å². The highest BCUT2D eigenvalue weighted by Crippen LogP contribution is 2.29. The van der Waals surface area contributed by atoms with Gasteiger partial charge in [0.1, 0.15) is 17.0 Å². The number of nitrogens with two attached hydrogens (primary N) is 1. The van der Waals surface area contributed by atoms with E-state index >= 15 is 0 Å². The summed E-state index contributed by atoms with van der Waals surface area (Å²) < 4.78 is 12.9. The Hall–Kier alpha value is -3.65. The molecule has 2 aromatic heterocycles. The highest BCUT2D eigenvalue weighted by atomic mass is 16.5. The van der Waals surface area contributed by atoms with E-state index in [1.165, 1.54) is 6.33 Å². The molecule has 4 rings (SSSR count). The first-order chi connectivity index (χ1) is 15.0. The summed E-state index contributed by atoms with van der Waals surface area (Å²) in [5.41, 5.74) is 8.84. The predicted octanol–water partition coefficient (Wildman–Crippen LogP) is 3.35. The van der Waals surface area contributed by atoms with Crippen LogP contribution in [0.15, 0.2) is 59.4 Å². The summed E-state index contributed by atoms with van der Waals surface area (Å²) >= 11 is 0. The standard InChI is InChI=1S/C23H24N4O4/c1-14(28)19(27-12-18(22(24)29)25-13-27)11-8-15-4-3-5-20-21(15)26-23(31-20)16-6-9-17(30-2)10-7-16/h3-7,9-10,12-14,19,28H,8,11H2,1-2H3,(H2,24,29). The van der Waals surface area contributed by atoms with Gasteiger partial charge < -0.3 is 24.6 Å². The minimum Gasteiger partial charge on any atom is -0.497 e. The summed E-state index contributed by atoms with van der Waals surface area (Å²) in [6.45, 7) is 1.72. The fourth-order valence-corrected chi connectivity index (χ4v) is 3.65. The van der Waals surface area contributed by atoms with Gasteiger partial charge in [-0.15, -0.1) is 0 Å². The van der Waals surface area contributed by atoms with Gasteiger partial charge in [-0.2, -0.15) is 0 Å². The quantitative estimate of drug-likeness (QED) is 0.451. The van der Waals surface area contributed by atoms with Gasteiger partial charge in [0.15, 0.2) is 5.58 Å². The smallest absolute Gasteiger partial charge is 0.268 e. The van der Waals surface area contributed by atoms with Gasteiger partial charge in [-0.05, 0) is 55.7 Å². The number of imidazole rings is 1. The van der Waals surface area contributed by atoms with Crippen molar-refractivity contribution in [3.63, 3.8) is 0 Å². The number of rotatable bonds is 8. The molecule has 0 saturated heterocycles. The van der Waals surface area contributed by atoms with Crippen molar-refractivity contribution in [3.05, 3.63) is 66.2 Å². The van der Waals surface area contributed by atoms with Gasteiger partial charge >= 0.3 is 0 Å². The number of oxazole rings is 1. The number of aliphatic hydroxyl groups excluding tert-OH is 1. The molecule has 4 aromatic rings. The number of hydrogen-bond acceptors (Lipinski definition) is 6. The summed E-state index contributed by atoms with van der Waals surface area (Å²) in [7, 11) is 1.62. The van der Waals surface area contributed by atoms with Crippen LogP contribution in [0.25, 0.3) is 22.6 Å². The van der Waals surface area contributed by atoms with E-state index in [1.807, 2.05) is 42.5 Å². The molecule has 2 atom stereocenters. The zero-order chi connectivity index (χ0) is 22.0. The van der Waals surface area contributed by atoms with Crippen LogP contribution < -0.4 is 10.5 Å². The number of hydrogen-bond donors (Lipinski definition) is 2. The number of ether oxygens (including phenoxy) is 1. The molecule has 3 N–H and O–H groups in total. The maximum Gasteiger partial charge on any atom is 0.268 e. The molecule has 0 aliphatic heterocycles. The van der Waals surface area contributed by atoms with Crippen LogP contribution in [0.2, 0.25) is 0 Å². The fraction of sp³-hybridized carbons (Fsp3) is 0.261. The summed E-state index contributed by atoms with van der Waals surface area (Å²) in [6.07, 6.45) is 3.73. The Balaban J connectivity index is 1.58. The van der Waals surface area contributed by atoms with E-state index in [4.69, 9.17) is 19.9 Å². The number of carbonyl (C=O) groups excluding carboxylic acids is 1. The monoisotopic (exact) mass is 420 g/mol. The van der Waals surface area contributed by atoms with Gasteiger partial charge in [0.25, 0.3) is 5.91 Å². The molecule has 2 unspecified atom stereocenters. The average Bonchev–Trinajstić information content (AvgIpc) is 3.42. The molecule has 160 valence electrons. The molecule has 0 aliphatic rings. The van der Waals surface area contributed by atoms with Crippen LogP contribution in [0, 0.1) is 0 Å². The van der Waals surface area contributed by atoms with E-state index in [-0.39, 0.29) is 11.7 Å². The lowest BCUT2D eigenvalue weighted by Gasteiger charge is -2.21. The lowest BCUT2D eigenvalue weighted by Crippen LogP contribution is -2.21. The lowest BCUT2D eigenvalue weighted by atomic mass is 10.0. The second kappa shape index (κ2) is 8.61. The maximum absolute atomic E-state index is 11.3. The first-order valence-corrected chi connectivity index (χ1v) is 10.0. The Morgan fingerprint density at radius 1 is 1.26 bits per heavy atom. The number of amides is 1. The van der Waals surface area contributed by atoms with Crippen LogP contribution in [-0.2, 0) is 6.42 Å². The molecule has 0 fully saturated rings. The molecule has 31 heavy (non-hydrogen) atoms. The minimum absolute atomic E-state index is 0.174. The third-order valence-electron chi connectivity index (χ3n) is 5.34. The van der Waals surface area contributed by atoms with Crippen LogP contribution in [0.5, 0.6) is 5.75 Å². The molecule has 0 saturated carbocycles.